The van der Waals surface area contributed by atoms with Crippen LogP contribution in [0.3, 0.4) is 0 Å². The number of hydrogen-bond donors (Lipinski definition) is 1. The molecule has 4 saturated carbocycles. The van der Waals surface area contributed by atoms with Crippen molar-refractivity contribution in [3.63, 3.8) is 0 Å². The van der Waals surface area contributed by atoms with E-state index in [-0.39, 0.29) is 5.91 Å². The van der Waals surface area contributed by atoms with Crippen molar-refractivity contribution >= 4 is 11.6 Å². The highest BCUT2D eigenvalue weighted by molar-refractivity contribution is 5.74. The van der Waals surface area contributed by atoms with Crippen LogP contribution in [0.5, 0.6) is 0 Å². The number of anilines is 1. The van der Waals surface area contributed by atoms with E-state index in [2.05, 4.69) is 29.3 Å². The molecule has 1 N–H and O–H groups in total. The number of pyridine rings is 1. The van der Waals surface area contributed by atoms with Crippen molar-refractivity contribution in [2.75, 3.05) is 19.0 Å². The lowest BCUT2D eigenvalue weighted by atomic mass is 9.48. The van der Waals surface area contributed by atoms with Crippen LogP contribution < -0.4 is 14.8 Å². The molecule has 0 radical (unpaired) electrons. The van der Waals surface area contributed by atoms with Crippen LogP contribution in [0.4, 0.5) is 5.69 Å². The molecule has 0 aromatic carbocycles. The highest BCUT2D eigenvalue weighted by Crippen LogP contribution is 2.61. The Hall–Kier alpha value is -1.58. The maximum Gasteiger partial charge on any atom is 0.286 e. The van der Waals surface area contributed by atoms with Gasteiger partial charge in [0, 0.05) is 38.0 Å². The summed E-state index contributed by atoms with van der Waals surface area (Å²) in [5.41, 5.74) is 1.53. The van der Waals surface area contributed by atoms with Crippen LogP contribution in [-0.2, 0) is 11.3 Å². The maximum atomic E-state index is 12.6. The third-order valence-corrected chi connectivity index (χ3v) is 7.10. The predicted molar refractivity (Wildman–Crippen MR) is 99.2 cm³/mol. The van der Waals surface area contributed by atoms with Crippen molar-refractivity contribution < 1.29 is 9.36 Å². The fourth-order valence-corrected chi connectivity index (χ4v) is 6.17. The van der Waals surface area contributed by atoms with Gasteiger partial charge < -0.3 is 10.2 Å². The Balaban J connectivity index is 1.37. The van der Waals surface area contributed by atoms with E-state index in [1.807, 2.05) is 31.1 Å². The number of rotatable bonds is 5. The van der Waals surface area contributed by atoms with Crippen molar-refractivity contribution in [2.24, 2.45) is 23.2 Å². The van der Waals surface area contributed by atoms with Gasteiger partial charge >= 0.3 is 0 Å². The van der Waals surface area contributed by atoms with Gasteiger partial charge in [-0.15, -0.1) is 0 Å². The number of hydrogen-bond acceptors (Lipinski definition) is 2. The Morgan fingerprint density at radius 2 is 1.68 bits per heavy atom. The Labute approximate surface area is 151 Å². The molecule has 0 unspecified atom stereocenters. The molecule has 4 heteroatoms. The number of aromatic nitrogens is 1. The molecule has 4 nitrogen and oxygen atoms in total. The molecular formula is C21H32N3O+. The first-order valence-corrected chi connectivity index (χ1v) is 9.89. The Kier molecular flexibility index (Phi) is 4.25. The van der Waals surface area contributed by atoms with E-state index in [0.29, 0.717) is 18.0 Å². The molecule has 4 fully saturated rings. The summed E-state index contributed by atoms with van der Waals surface area (Å²) in [7, 11) is 4.05. The molecule has 4 bridgehead atoms. The quantitative estimate of drug-likeness (QED) is 0.835. The van der Waals surface area contributed by atoms with Gasteiger partial charge in [-0.3, -0.25) is 4.79 Å². The first-order valence-electron chi connectivity index (χ1n) is 9.89. The molecule has 4 aliphatic rings. The standard InChI is InChI=1S/C21H31N3O/c1-15(21-11-16-8-17(12-21)10-18(9-16)13-21)22-20(25)14-24-6-4-19(5-7-24)23(2)3/h4-7,15-18H,8-14H2,1-3H3/p+1/t15-,16?,17?,18?,21?/m1/s1. The summed E-state index contributed by atoms with van der Waals surface area (Å²) < 4.78 is 1.97. The molecule has 5 rings (SSSR count). The third kappa shape index (κ3) is 3.28. The minimum absolute atomic E-state index is 0.144. The van der Waals surface area contributed by atoms with Crippen molar-refractivity contribution in [1.29, 1.82) is 0 Å². The minimum atomic E-state index is 0.144. The largest absolute Gasteiger partial charge is 0.377 e. The molecule has 4 aliphatic carbocycles. The monoisotopic (exact) mass is 342 g/mol. The summed E-state index contributed by atoms with van der Waals surface area (Å²) in [6.45, 7) is 2.66. The SMILES string of the molecule is C[C@@H](NC(=O)C[n+]1ccc(N(C)C)cc1)C12CC3CC(CC(C3)C1)C2. The molecule has 136 valence electrons. The topological polar surface area (TPSA) is 36.2 Å². The van der Waals surface area contributed by atoms with E-state index in [1.165, 1.54) is 38.5 Å². The Morgan fingerprint density at radius 3 is 2.16 bits per heavy atom. The van der Waals surface area contributed by atoms with Crippen molar-refractivity contribution in [3.05, 3.63) is 24.5 Å². The maximum absolute atomic E-state index is 12.6. The van der Waals surface area contributed by atoms with Crippen LogP contribution in [0.1, 0.15) is 45.4 Å². The summed E-state index contributed by atoms with van der Waals surface area (Å²) >= 11 is 0. The zero-order valence-electron chi connectivity index (χ0n) is 15.9. The lowest BCUT2D eigenvalue weighted by Crippen LogP contribution is -2.57. The van der Waals surface area contributed by atoms with Gasteiger partial charge in [0.1, 0.15) is 0 Å². The fraction of sp³-hybridized carbons (Fsp3) is 0.714. The molecule has 1 aromatic heterocycles. The molecule has 1 atom stereocenters. The van der Waals surface area contributed by atoms with Crippen LogP contribution in [0.2, 0.25) is 0 Å². The minimum Gasteiger partial charge on any atom is -0.377 e. The second-order valence-electron chi connectivity index (χ2n) is 9.19. The van der Waals surface area contributed by atoms with Crippen LogP contribution in [0, 0.1) is 23.2 Å². The van der Waals surface area contributed by atoms with E-state index in [9.17, 15) is 4.79 Å². The van der Waals surface area contributed by atoms with E-state index < -0.39 is 0 Å². The van der Waals surface area contributed by atoms with Gasteiger partial charge in [-0.25, -0.2) is 0 Å². The van der Waals surface area contributed by atoms with Gasteiger partial charge in [0.2, 0.25) is 6.54 Å². The highest BCUT2D eigenvalue weighted by atomic mass is 16.2. The second-order valence-corrected chi connectivity index (χ2v) is 9.19. The summed E-state index contributed by atoms with van der Waals surface area (Å²) in [6, 6.07) is 4.40. The second kappa shape index (κ2) is 6.30. The molecule has 1 heterocycles. The zero-order chi connectivity index (χ0) is 17.6. The number of nitrogens with zero attached hydrogens (tertiary/aromatic N) is 2. The van der Waals surface area contributed by atoms with E-state index in [0.717, 1.165) is 23.4 Å². The van der Waals surface area contributed by atoms with Crippen LogP contribution >= 0.6 is 0 Å². The van der Waals surface area contributed by atoms with E-state index in [4.69, 9.17) is 0 Å². The first kappa shape index (κ1) is 16.9. The smallest absolute Gasteiger partial charge is 0.286 e. The van der Waals surface area contributed by atoms with Crippen LogP contribution in [0.15, 0.2) is 24.5 Å². The van der Waals surface area contributed by atoms with Crippen molar-refractivity contribution in [1.82, 2.24) is 5.32 Å². The molecular weight excluding hydrogens is 310 g/mol. The van der Waals surface area contributed by atoms with E-state index >= 15 is 0 Å². The average Bonchev–Trinajstić information content (AvgIpc) is 2.54. The van der Waals surface area contributed by atoms with Gasteiger partial charge in [0.15, 0.2) is 12.4 Å². The summed E-state index contributed by atoms with van der Waals surface area (Å²) in [4.78, 5) is 14.7. The highest BCUT2D eigenvalue weighted by Gasteiger charge is 2.53. The van der Waals surface area contributed by atoms with Gasteiger partial charge in [-0.05, 0) is 68.6 Å². The summed E-state index contributed by atoms with van der Waals surface area (Å²) in [5, 5.41) is 3.35. The van der Waals surface area contributed by atoms with Gasteiger partial charge in [0.25, 0.3) is 5.91 Å². The van der Waals surface area contributed by atoms with Crippen LogP contribution in [0.25, 0.3) is 0 Å². The summed E-state index contributed by atoms with van der Waals surface area (Å²) in [6.07, 6.45) is 12.4. The molecule has 0 aliphatic heterocycles. The normalized spacial score (nSPS) is 34.0. The number of carbonyl (C=O) groups is 1. The average molecular weight is 343 g/mol. The van der Waals surface area contributed by atoms with Gasteiger partial charge in [-0.1, -0.05) is 0 Å². The molecule has 0 saturated heterocycles. The van der Waals surface area contributed by atoms with Gasteiger partial charge in [0.05, 0.1) is 0 Å². The Morgan fingerprint density at radius 1 is 1.16 bits per heavy atom. The van der Waals surface area contributed by atoms with Crippen molar-refractivity contribution in [2.45, 2.75) is 58.0 Å². The molecule has 1 aromatic rings. The summed E-state index contributed by atoms with van der Waals surface area (Å²) in [5.74, 6) is 2.93. The fourth-order valence-electron chi connectivity index (χ4n) is 6.17. The predicted octanol–water partition coefficient (Wildman–Crippen LogP) is 2.76. The lowest BCUT2D eigenvalue weighted by molar-refractivity contribution is -0.684. The third-order valence-electron chi connectivity index (χ3n) is 7.10. The molecule has 0 spiro atoms. The van der Waals surface area contributed by atoms with Crippen molar-refractivity contribution in [3.8, 4) is 0 Å². The number of amides is 1. The lowest BCUT2D eigenvalue weighted by Gasteiger charge is -2.59. The Bertz CT molecular complexity index is 602. The van der Waals surface area contributed by atoms with Gasteiger partial charge in [-0.2, -0.15) is 4.57 Å². The number of nitrogens with one attached hydrogen (secondary N) is 1. The molecule has 25 heavy (non-hydrogen) atoms. The first-order chi connectivity index (χ1) is 11.9. The van der Waals surface area contributed by atoms with Crippen LogP contribution in [-0.4, -0.2) is 26.0 Å². The molecule has 1 amide bonds. The number of carbonyl (C=O) groups excluding carboxylic acids is 1. The van der Waals surface area contributed by atoms with E-state index in [1.54, 1.807) is 0 Å². The zero-order valence-corrected chi connectivity index (χ0v) is 15.9.